The fourth-order valence-corrected chi connectivity index (χ4v) is 4.80. The van der Waals surface area contributed by atoms with Gasteiger partial charge in [-0.3, -0.25) is 4.90 Å². The minimum absolute atomic E-state index is 0.0267. The number of nitrogens with zero attached hydrogens (tertiary/aromatic N) is 1. The molecule has 3 aliphatic rings. The summed E-state index contributed by atoms with van der Waals surface area (Å²) in [5.41, 5.74) is 1.42. The van der Waals surface area contributed by atoms with Gasteiger partial charge in [-0.2, -0.15) is 0 Å². The molecule has 2 saturated carbocycles. The molecular weight excluding hydrogens is 222 g/mol. The van der Waals surface area contributed by atoms with Crippen molar-refractivity contribution >= 4 is 0 Å². The molecule has 4 rings (SSSR count). The highest BCUT2D eigenvalue weighted by Gasteiger charge is 2.56. The van der Waals surface area contributed by atoms with Crippen LogP contribution in [0.5, 0.6) is 0 Å². The summed E-state index contributed by atoms with van der Waals surface area (Å²) in [7, 11) is 0. The van der Waals surface area contributed by atoms with Crippen molar-refractivity contribution in [1.82, 2.24) is 4.90 Å². The Labute approximate surface area is 109 Å². The highest BCUT2D eigenvalue weighted by Crippen LogP contribution is 2.55. The highest BCUT2D eigenvalue weighted by atomic mass is 16.3. The summed E-state index contributed by atoms with van der Waals surface area (Å²) in [6.45, 7) is 3.50. The molecule has 2 heteroatoms. The molecule has 2 nitrogen and oxygen atoms in total. The minimum atomic E-state index is 0.0267. The van der Waals surface area contributed by atoms with Crippen LogP contribution in [-0.4, -0.2) is 29.2 Å². The highest BCUT2D eigenvalue weighted by molar-refractivity contribution is 5.15. The molecule has 3 fully saturated rings. The number of hydrogen-bond acceptors (Lipinski definition) is 2. The number of rotatable bonds is 2. The van der Waals surface area contributed by atoms with Gasteiger partial charge >= 0.3 is 0 Å². The molecule has 0 radical (unpaired) electrons. The van der Waals surface area contributed by atoms with Crippen molar-refractivity contribution in [3.63, 3.8) is 0 Å². The predicted octanol–water partition coefficient (Wildman–Crippen LogP) is 2.14. The zero-order valence-corrected chi connectivity index (χ0v) is 10.7. The van der Waals surface area contributed by atoms with Crippen LogP contribution in [-0.2, 0) is 6.54 Å². The number of fused-ring (bicyclic) bond motifs is 5. The molecule has 0 amide bonds. The summed E-state index contributed by atoms with van der Waals surface area (Å²) in [4.78, 5) is 2.60. The van der Waals surface area contributed by atoms with Crippen LogP contribution < -0.4 is 0 Å². The van der Waals surface area contributed by atoms with E-state index in [9.17, 15) is 5.11 Å². The van der Waals surface area contributed by atoms with E-state index in [2.05, 4.69) is 35.2 Å². The van der Waals surface area contributed by atoms with Gasteiger partial charge in [-0.15, -0.1) is 0 Å². The Hall–Kier alpha value is -0.860. The fourth-order valence-electron chi connectivity index (χ4n) is 4.80. The Morgan fingerprint density at radius 3 is 2.17 bits per heavy atom. The molecule has 1 heterocycles. The van der Waals surface area contributed by atoms with Crippen LogP contribution in [0.4, 0.5) is 0 Å². The lowest BCUT2D eigenvalue weighted by molar-refractivity contribution is 0.104. The molecule has 1 saturated heterocycles. The zero-order valence-electron chi connectivity index (χ0n) is 10.7. The van der Waals surface area contributed by atoms with E-state index in [1.54, 1.807) is 0 Å². The van der Waals surface area contributed by atoms with Crippen LogP contribution in [0.25, 0.3) is 0 Å². The van der Waals surface area contributed by atoms with E-state index in [-0.39, 0.29) is 6.10 Å². The third-order valence-electron chi connectivity index (χ3n) is 5.55. The van der Waals surface area contributed by atoms with E-state index >= 15 is 0 Å². The number of aliphatic hydroxyl groups is 1. The molecule has 0 aromatic heterocycles. The molecular formula is C16H21NO. The standard InChI is InChI=1S/C16H21NO/c18-16-12-6-7-13(16)15-10-17(9-14(12)15)8-11-4-2-1-3-5-11/h1-5,12-16,18H,6-10H2/t12-,13+,14-,15+,16?. The van der Waals surface area contributed by atoms with Crippen LogP contribution in [0, 0.1) is 23.7 Å². The minimum Gasteiger partial charge on any atom is -0.393 e. The van der Waals surface area contributed by atoms with Gasteiger partial charge in [-0.1, -0.05) is 30.3 Å². The van der Waals surface area contributed by atoms with Crippen LogP contribution >= 0.6 is 0 Å². The largest absolute Gasteiger partial charge is 0.393 e. The first kappa shape index (κ1) is 11.0. The Bertz CT molecular complexity index is 412. The Balaban J connectivity index is 1.47. The van der Waals surface area contributed by atoms with Crippen LogP contribution in [0.15, 0.2) is 30.3 Å². The molecule has 1 unspecified atom stereocenters. The van der Waals surface area contributed by atoms with Gasteiger partial charge in [0, 0.05) is 19.6 Å². The number of hydrogen-bond donors (Lipinski definition) is 1. The van der Waals surface area contributed by atoms with Gasteiger partial charge in [-0.25, -0.2) is 0 Å². The van der Waals surface area contributed by atoms with Crippen molar-refractivity contribution in [2.75, 3.05) is 13.1 Å². The van der Waals surface area contributed by atoms with Crippen molar-refractivity contribution in [3.05, 3.63) is 35.9 Å². The lowest BCUT2D eigenvalue weighted by Crippen LogP contribution is -2.26. The molecule has 18 heavy (non-hydrogen) atoms. The van der Waals surface area contributed by atoms with Gasteiger partial charge in [0.25, 0.3) is 0 Å². The maximum absolute atomic E-state index is 10.2. The lowest BCUT2D eigenvalue weighted by Gasteiger charge is -2.21. The Kier molecular flexibility index (Phi) is 2.49. The summed E-state index contributed by atoms with van der Waals surface area (Å²) in [6, 6.07) is 10.8. The fraction of sp³-hybridized carbons (Fsp3) is 0.625. The summed E-state index contributed by atoms with van der Waals surface area (Å²) < 4.78 is 0. The number of benzene rings is 1. The van der Waals surface area contributed by atoms with E-state index in [1.165, 1.54) is 31.5 Å². The maximum Gasteiger partial charge on any atom is 0.0603 e. The molecule has 5 atom stereocenters. The van der Waals surface area contributed by atoms with Gasteiger partial charge in [0.2, 0.25) is 0 Å². The van der Waals surface area contributed by atoms with Gasteiger partial charge < -0.3 is 5.11 Å². The molecule has 1 N–H and O–H groups in total. The summed E-state index contributed by atoms with van der Waals surface area (Å²) in [6.07, 6.45) is 2.57. The Morgan fingerprint density at radius 1 is 0.944 bits per heavy atom. The first-order valence-electron chi connectivity index (χ1n) is 7.27. The van der Waals surface area contributed by atoms with Crippen molar-refractivity contribution in [2.45, 2.75) is 25.5 Å². The van der Waals surface area contributed by atoms with Gasteiger partial charge in [-0.05, 0) is 42.1 Å². The smallest absolute Gasteiger partial charge is 0.0603 e. The van der Waals surface area contributed by atoms with Crippen molar-refractivity contribution in [1.29, 1.82) is 0 Å². The normalized spacial score (nSPS) is 42.4. The molecule has 96 valence electrons. The third kappa shape index (κ3) is 1.55. The van der Waals surface area contributed by atoms with Gasteiger partial charge in [0.1, 0.15) is 0 Å². The third-order valence-corrected chi connectivity index (χ3v) is 5.55. The monoisotopic (exact) mass is 243 g/mol. The average molecular weight is 243 g/mol. The van der Waals surface area contributed by atoms with Crippen molar-refractivity contribution in [3.8, 4) is 0 Å². The lowest BCUT2D eigenvalue weighted by atomic mass is 9.82. The number of aliphatic hydroxyl groups excluding tert-OH is 1. The Morgan fingerprint density at radius 2 is 1.56 bits per heavy atom. The van der Waals surface area contributed by atoms with E-state index in [1.807, 2.05) is 0 Å². The molecule has 1 aromatic carbocycles. The second kappa shape index (κ2) is 4.07. The van der Waals surface area contributed by atoms with Gasteiger partial charge in [0.15, 0.2) is 0 Å². The maximum atomic E-state index is 10.2. The zero-order chi connectivity index (χ0) is 12.1. The molecule has 2 bridgehead atoms. The first-order valence-corrected chi connectivity index (χ1v) is 7.27. The van der Waals surface area contributed by atoms with E-state index in [4.69, 9.17) is 0 Å². The van der Waals surface area contributed by atoms with E-state index < -0.39 is 0 Å². The molecule has 0 spiro atoms. The second-order valence-electron chi connectivity index (χ2n) is 6.40. The topological polar surface area (TPSA) is 23.5 Å². The molecule has 1 aliphatic heterocycles. The second-order valence-corrected chi connectivity index (χ2v) is 6.40. The predicted molar refractivity (Wildman–Crippen MR) is 70.9 cm³/mol. The van der Waals surface area contributed by atoms with Crippen LogP contribution in [0.1, 0.15) is 18.4 Å². The quantitative estimate of drug-likeness (QED) is 0.860. The first-order chi connectivity index (χ1) is 8.83. The van der Waals surface area contributed by atoms with Crippen LogP contribution in [0.2, 0.25) is 0 Å². The molecule has 2 aliphatic carbocycles. The summed E-state index contributed by atoms with van der Waals surface area (Å²) in [5.74, 6) is 2.78. The average Bonchev–Trinajstić information content (AvgIpc) is 3.01. The van der Waals surface area contributed by atoms with Crippen molar-refractivity contribution < 1.29 is 5.11 Å². The van der Waals surface area contributed by atoms with Gasteiger partial charge in [0.05, 0.1) is 6.10 Å². The number of likely N-dealkylation sites (tertiary alicyclic amines) is 1. The summed E-state index contributed by atoms with van der Waals surface area (Å²) >= 11 is 0. The van der Waals surface area contributed by atoms with Crippen molar-refractivity contribution in [2.24, 2.45) is 23.7 Å². The van der Waals surface area contributed by atoms with E-state index in [0.29, 0.717) is 11.8 Å². The SMILES string of the molecule is OC1[C@H]2CC[C@@H]1[C@H]1CN(Cc3ccccc3)C[C@H]12. The summed E-state index contributed by atoms with van der Waals surface area (Å²) in [5, 5.41) is 10.2. The molecule has 1 aromatic rings. The van der Waals surface area contributed by atoms with E-state index in [0.717, 1.165) is 18.4 Å². The van der Waals surface area contributed by atoms with Crippen LogP contribution in [0.3, 0.4) is 0 Å².